The fourth-order valence-electron chi connectivity index (χ4n) is 1.90. The zero-order chi connectivity index (χ0) is 15.6. The summed E-state index contributed by atoms with van der Waals surface area (Å²) in [5.74, 6) is -0.916. The van der Waals surface area contributed by atoms with Crippen molar-refractivity contribution in [2.75, 3.05) is 0 Å². The highest BCUT2D eigenvalue weighted by Gasteiger charge is 2.13. The maximum atomic E-state index is 11.1. The summed E-state index contributed by atoms with van der Waals surface area (Å²) in [5, 5.41) is 9.10. The number of hydrogen-bond donors (Lipinski definition) is 1. The molecule has 2 aromatic rings. The largest absolute Gasteiger partial charge is 0.478 e. The van der Waals surface area contributed by atoms with Crippen LogP contribution in [0.3, 0.4) is 0 Å². The Balaban J connectivity index is 2.24. The monoisotopic (exact) mass is 364 g/mol. The van der Waals surface area contributed by atoms with Crippen LogP contribution in [0.15, 0.2) is 56.7 Å². The summed E-state index contributed by atoms with van der Waals surface area (Å²) < 4.78 is 0.774. The van der Waals surface area contributed by atoms with Crippen LogP contribution in [0, 0.1) is 0 Å². The number of benzene rings is 2. The van der Waals surface area contributed by atoms with Gasteiger partial charge in [-0.2, -0.15) is 0 Å². The van der Waals surface area contributed by atoms with E-state index in [1.54, 1.807) is 23.9 Å². The molecule has 0 atom stereocenters. The number of carboxylic acids is 1. The Bertz CT molecular complexity index is 657. The van der Waals surface area contributed by atoms with Crippen LogP contribution in [-0.2, 0) is 5.41 Å². The number of hydrogen-bond acceptors (Lipinski definition) is 2. The molecule has 0 spiro atoms. The maximum absolute atomic E-state index is 11.1. The van der Waals surface area contributed by atoms with Crippen LogP contribution >= 0.6 is 27.7 Å². The minimum absolute atomic E-state index is 0.134. The average molecular weight is 365 g/mol. The van der Waals surface area contributed by atoms with Gasteiger partial charge < -0.3 is 5.11 Å². The molecular weight excluding hydrogens is 348 g/mol. The van der Waals surface area contributed by atoms with Crippen molar-refractivity contribution < 1.29 is 9.90 Å². The standard InChI is InChI=1S/C17H17BrO2S/c1-17(2,3)12-4-6-14(7-5-12)21-15-9-11(16(19)20)8-13(18)10-15/h4-10H,1-3H3,(H,19,20). The Kier molecular flexibility index (Phi) is 4.79. The molecule has 0 amide bonds. The van der Waals surface area contributed by atoms with Crippen LogP contribution < -0.4 is 0 Å². The summed E-state index contributed by atoms with van der Waals surface area (Å²) in [6, 6.07) is 13.6. The maximum Gasteiger partial charge on any atom is 0.335 e. The number of carboxylic acid groups (broad SMARTS) is 1. The van der Waals surface area contributed by atoms with E-state index in [2.05, 4.69) is 61.0 Å². The molecule has 2 aromatic carbocycles. The summed E-state index contributed by atoms with van der Waals surface area (Å²) in [6.45, 7) is 6.55. The zero-order valence-electron chi connectivity index (χ0n) is 12.2. The fourth-order valence-corrected chi connectivity index (χ4v) is 3.47. The van der Waals surface area contributed by atoms with Crippen molar-refractivity contribution in [2.24, 2.45) is 0 Å². The van der Waals surface area contributed by atoms with Gasteiger partial charge in [0, 0.05) is 14.3 Å². The van der Waals surface area contributed by atoms with Gasteiger partial charge in [-0.3, -0.25) is 0 Å². The first kappa shape index (κ1) is 16.1. The molecule has 1 N–H and O–H groups in total. The number of rotatable bonds is 3. The van der Waals surface area contributed by atoms with Crippen molar-refractivity contribution in [3.8, 4) is 0 Å². The van der Waals surface area contributed by atoms with E-state index >= 15 is 0 Å². The molecule has 0 bridgehead atoms. The van der Waals surface area contributed by atoms with E-state index in [0.29, 0.717) is 0 Å². The highest BCUT2D eigenvalue weighted by Crippen LogP contribution is 2.32. The second-order valence-corrected chi connectivity index (χ2v) is 7.92. The third-order valence-electron chi connectivity index (χ3n) is 3.07. The lowest BCUT2D eigenvalue weighted by Crippen LogP contribution is -2.10. The summed E-state index contributed by atoms with van der Waals surface area (Å²) in [7, 11) is 0. The normalized spacial score (nSPS) is 11.4. The third-order valence-corrected chi connectivity index (χ3v) is 4.51. The molecule has 2 rings (SSSR count). The molecule has 0 aromatic heterocycles. The van der Waals surface area contributed by atoms with Gasteiger partial charge in [0.2, 0.25) is 0 Å². The highest BCUT2D eigenvalue weighted by molar-refractivity contribution is 9.10. The lowest BCUT2D eigenvalue weighted by atomic mass is 9.87. The Morgan fingerprint density at radius 2 is 1.67 bits per heavy atom. The highest BCUT2D eigenvalue weighted by atomic mass is 79.9. The van der Waals surface area contributed by atoms with Crippen LogP contribution in [0.4, 0.5) is 0 Å². The Morgan fingerprint density at radius 3 is 2.19 bits per heavy atom. The summed E-state index contributed by atoms with van der Waals surface area (Å²) >= 11 is 4.92. The van der Waals surface area contributed by atoms with Crippen LogP contribution in [0.25, 0.3) is 0 Å². The number of halogens is 1. The molecule has 0 aliphatic carbocycles. The van der Waals surface area contributed by atoms with Gasteiger partial charge in [-0.1, -0.05) is 60.6 Å². The van der Waals surface area contributed by atoms with E-state index in [1.807, 2.05) is 6.07 Å². The predicted molar refractivity (Wildman–Crippen MR) is 90.4 cm³/mol. The van der Waals surface area contributed by atoms with Gasteiger partial charge in [-0.05, 0) is 41.3 Å². The molecule has 4 heteroatoms. The predicted octanol–water partition coefficient (Wildman–Crippen LogP) is 5.60. The SMILES string of the molecule is CC(C)(C)c1ccc(Sc2cc(Br)cc(C(=O)O)c2)cc1. The average Bonchev–Trinajstić information content (AvgIpc) is 2.37. The Labute approximate surface area is 137 Å². The Hall–Kier alpha value is -1.26. The van der Waals surface area contributed by atoms with E-state index in [-0.39, 0.29) is 11.0 Å². The summed E-state index contributed by atoms with van der Waals surface area (Å²) in [4.78, 5) is 13.1. The fraction of sp³-hybridized carbons (Fsp3) is 0.235. The molecule has 0 unspecified atom stereocenters. The quantitative estimate of drug-likeness (QED) is 0.770. The van der Waals surface area contributed by atoms with Crippen molar-refractivity contribution in [1.29, 1.82) is 0 Å². The van der Waals surface area contributed by atoms with Crippen molar-refractivity contribution in [1.82, 2.24) is 0 Å². The zero-order valence-corrected chi connectivity index (χ0v) is 14.6. The topological polar surface area (TPSA) is 37.3 Å². The first-order valence-corrected chi connectivity index (χ1v) is 8.19. The van der Waals surface area contributed by atoms with Crippen LogP contribution in [-0.4, -0.2) is 11.1 Å². The minimum atomic E-state index is -0.916. The van der Waals surface area contributed by atoms with Crippen LogP contribution in [0.1, 0.15) is 36.7 Å². The van der Waals surface area contributed by atoms with Gasteiger partial charge in [0.1, 0.15) is 0 Å². The molecular formula is C17H17BrO2S. The van der Waals surface area contributed by atoms with Gasteiger partial charge in [-0.25, -0.2) is 4.79 Å². The smallest absolute Gasteiger partial charge is 0.335 e. The molecule has 0 aliphatic heterocycles. The van der Waals surface area contributed by atoms with E-state index in [0.717, 1.165) is 14.3 Å². The van der Waals surface area contributed by atoms with E-state index < -0.39 is 5.97 Å². The summed E-state index contributed by atoms with van der Waals surface area (Å²) in [6.07, 6.45) is 0. The second kappa shape index (κ2) is 6.24. The minimum Gasteiger partial charge on any atom is -0.478 e. The second-order valence-electron chi connectivity index (χ2n) is 5.86. The first-order chi connectivity index (χ1) is 9.75. The lowest BCUT2D eigenvalue weighted by Gasteiger charge is -2.19. The molecule has 21 heavy (non-hydrogen) atoms. The van der Waals surface area contributed by atoms with E-state index in [4.69, 9.17) is 5.11 Å². The summed E-state index contributed by atoms with van der Waals surface area (Å²) in [5.41, 5.74) is 1.71. The molecule has 0 radical (unpaired) electrons. The van der Waals surface area contributed by atoms with Gasteiger partial charge in [-0.15, -0.1) is 0 Å². The van der Waals surface area contributed by atoms with Crippen molar-refractivity contribution in [3.63, 3.8) is 0 Å². The van der Waals surface area contributed by atoms with Crippen LogP contribution in [0.2, 0.25) is 0 Å². The van der Waals surface area contributed by atoms with E-state index in [1.165, 1.54) is 5.56 Å². The third kappa shape index (κ3) is 4.35. The first-order valence-electron chi connectivity index (χ1n) is 6.58. The molecule has 110 valence electrons. The molecule has 0 saturated carbocycles. The van der Waals surface area contributed by atoms with Crippen molar-refractivity contribution in [3.05, 3.63) is 58.1 Å². The van der Waals surface area contributed by atoms with Gasteiger partial charge in [0.05, 0.1) is 5.56 Å². The molecule has 0 aliphatic rings. The number of carbonyl (C=O) groups is 1. The molecule has 0 heterocycles. The molecule has 0 fully saturated rings. The Morgan fingerprint density at radius 1 is 1.05 bits per heavy atom. The van der Waals surface area contributed by atoms with E-state index in [9.17, 15) is 4.79 Å². The van der Waals surface area contributed by atoms with Gasteiger partial charge >= 0.3 is 5.97 Å². The van der Waals surface area contributed by atoms with Crippen molar-refractivity contribution in [2.45, 2.75) is 36.0 Å². The van der Waals surface area contributed by atoms with Gasteiger partial charge in [0.15, 0.2) is 0 Å². The van der Waals surface area contributed by atoms with Crippen LogP contribution in [0.5, 0.6) is 0 Å². The molecule has 0 saturated heterocycles. The lowest BCUT2D eigenvalue weighted by molar-refractivity contribution is 0.0696. The number of aromatic carboxylic acids is 1. The van der Waals surface area contributed by atoms with Gasteiger partial charge in [0.25, 0.3) is 0 Å². The van der Waals surface area contributed by atoms with Crippen molar-refractivity contribution >= 4 is 33.7 Å². The molecule has 2 nitrogen and oxygen atoms in total.